The highest BCUT2D eigenvalue weighted by molar-refractivity contribution is 9.10. The third-order valence-electron chi connectivity index (χ3n) is 2.95. The van der Waals surface area contributed by atoms with Crippen molar-refractivity contribution in [1.29, 1.82) is 0 Å². The Labute approximate surface area is 137 Å². The molecule has 20 heavy (non-hydrogen) atoms. The zero-order valence-corrected chi connectivity index (χ0v) is 14.2. The third kappa shape index (κ3) is 3.60. The van der Waals surface area contributed by atoms with Crippen LogP contribution in [0.3, 0.4) is 0 Å². The average Bonchev–Trinajstić information content (AvgIpc) is 2.41. The number of rotatable bonds is 4. The van der Waals surface area contributed by atoms with Crippen LogP contribution < -0.4 is 10.1 Å². The predicted molar refractivity (Wildman–Crippen MR) is 89.2 cm³/mol. The molecule has 0 aliphatic heterocycles. The van der Waals surface area contributed by atoms with Crippen molar-refractivity contribution in [1.82, 2.24) is 0 Å². The molecule has 0 aliphatic rings. The van der Waals surface area contributed by atoms with Gasteiger partial charge in [-0.3, -0.25) is 0 Å². The van der Waals surface area contributed by atoms with E-state index in [4.69, 9.17) is 27.9 Å². The number of hydrogen-bond donors (Lipinski definition) is 1. The van der Waals surface area contributed by atoms with E-state index in [2.05, 4.69) is 21.2 Å². The maximum Gasteiger partial charge on any atom is 0.133 e. The summed E-state index contributed by atoms with van der Waals surface area (Å²) in [5.41, 5.74) is 2.91. The van der Waals surface area contributed by atoms with E-state index in [0.29, 0.717) is 16.6 Å². The lowest BCUT2D eigenvalue weighted by molar-refractivity contribution is 0.412. The lowest BCUT2D eigenvalue weighted by atomic mass is 10.2. The van der Waals surface area contributed by atoms with Crippen molar-refractivity contribution in [2.45, 2.75) is 13.5 Å². The summed E-state index contributed by atoms with van der Waals surface area (Å²) in [6, 6.07) is 9.63. The number of ether oxygens (including phenoxy) is 1. The molecule has 0 radical (unpaired) electrons. The normalized spacial score (nSPS) is 10.4. The van der Waals surface area contributed by atoms with E-state index >= 15 is 0 Å². The summed E-state index contributed by atoms with van der Waals surface area (Å²) in [5, 5.41) is 4.65. The number of halogens is 3. The molecule has 2 aromatic rings. The maximum atomic E-state index is 6.20. The third-order valence-corrected chi connectivity index (χ3v) is 4.29. The largest absolute Gasteiger partial charge is 0.496 e. The summed E-state index contributed by atoms with van der Waals surface area (Å²) in [4.78, 5) is 0. The second kappa shape index (κ2) is 6.70. The van der Waals surface area contributed by atoms with Crippen LogP contribution in [0.25, 0.3) is 0 Å². The van der Waals surface area contributed by atoms with Gasteiger partial charge in [0.15, 0.2) is 0 Å². The fourth-order valence-corrected chi connectivity index (χ4v) is 2.84. The molecule has 0 heterocycles. The molecule has 0 fully saturated rings. The Balaban J connectivity index is 2.13. The summed E-state index contributed by atoms with van der Waals surface area (Å²) in [6.45, 7) is 2.58. The molecule has 0 aliphatic carbocycles. The van der Waals surface area contributed by atoms with Crippen molar-refractivity contribution in [2.24, 2.45) is 0 Å². The summed E-state index contributed by atoms with van der Waals surface area (Å²) in [6.07, 6.45) is 0. The van der Waals surface area contributed by atoms with Crippen LogP contribution >= 0.6 is 39.1 Å². The molecule has 0 aromatic heterocycles. The Morgan fingerprint density at radius 1 is 1.15 bits per heavy atom. The van der Waals surface area contributed by atoms with Crippen LogP contribution in [0.1, 0.15) is 11.1 Å². The van der Waals surface area contributed by atoms with Gasteiger partial charge in [0.25, 0.3) is 0 Å². The van der Waals surface area contributed by atoms with Crippen LogP contribution in [0.15, 0.2) is 34.8 Å². The van der Waals surface area contributed by atoms with Crippen molar-refractivity contribution in [3.8, 4) is 5.75 Å². The minimum atomic E-state index is 0.654. The van der Waals surface area contributed by atoms with Gasteiger partial charge in [-0.15, -0.1) is 0 Å². The Hall–Kier alpha value is -0.900. The molecule has 0 unspecified atom stereocenters. The molecule has 0 atom stereocenters. The predicted octanol–water partition coefficient (Wildman–Crippen LogP) is 5.69. The zero-order chi connectivity index (χ0) is 14.7. The van der Waals surface area contributed by atoms with Crippen LogP contribution in [-0.2, 0) is 6.54 Å². The maximum absolute atomic E-state index is 6.20. The van der Waals surface area contributed by atoms with Crippen LogP contribution in [0.2, 0.25) is 10.0 Å². The van der Waals surface area contributed by atoms with Gasteiger partial charge in [0.2, 0.25) is 0 Å². The Kier molecular flexibility index (Phi) is 5.19. The summed E-state index contributed by atoms with van der Waals surface area (Å²) in [7, 11) is 1.64. The van der Waals surface area contributed by atoms with Crippen molar-refractivity contribution in [2.75, 3.05) is 12.4 Å². The Morgan fingerprint density at radius 3 is 2.55 bits per heavy atom. The van der Waals surface area contributed by atoms with E-state index in [1.165, 1.54) is 0 Å². The van der Waals surface area contributed by atoms with E-state index in [-0.39, 0.29) is 0 Å². The molecule has 106 valence electrons. The smallest absolute Gasteiger partial charge is 0.133 e. The van der Waals surface area contributed by atoms with Gasteiger partial charge in [-0.2, -0.15) is 0 Å². The van der Waals surface area contributed by atoms with Gasteiger partial charge in [-0.05, 0) is 58.2 Å². The highest BCUT2D eigenvalue weighted by Gasteiger charge is 2.06. The summed E-state index contributed by atoms with van der Waals surface area (Å²) < 4.78 is 6.13. The topological polar surface area (TPSA) is 21.3 Å². The number of aryl methyl sites for hydroxylation is 1. The standard InChI is InChI=1S/C15H14BrCl2NO/c1-9-5-13(18)14(7-12(9)17)19-8-10-3-4-15(20-2)11(16)6-10/h3-7,19H,8H2,1-2H3. The molecule has 2 aromatic carbocycles. The molecule has 1 N–H and O–H groups in total. The van der Waals surface area contributed by atoms with E-state index in [1.807, 2.05) is 37.3 Å². The van der Waals surface area contributed by atoms with Crippen LogP contribution in [0, 0.1) is 6.92 Å². The molecule has 2 rings (SSSR count). The zero-order valence-electron chi connectivity index (χ0n) is 11.1. The second-order valence-corrected chi connectivity index (χ2v) is 6.07. The monoisotopic (exact) mass is 373 g/mol. The van der Waals surface area contributed by atoms with Gasteiger partial charge in [0.1, 0.15) is 5.75 Å². The number of hydrogen-bond acceptors (Lipinski definition) is 2. The van der Waals surface area contributed by atoms with Crippen molar-refractivity contribution in [3.63, 3.8) is 0 Å². The minimum absolute atomic E-state index is 0.654. The molecule has 0 saturated heterocycles. The first-order chi connectivity index (χ1) is 9.51. The Morgan fingerprint density at radius 2 is 1.90 bits per heavy atom. The highest BCUT2D eigenvalue weighted by atomic mass is 79.9. The first-order valence-corrected chi connectivity index (χ1v) is 7.58. The first kappa shape index (κ1) is 15.5. The number of methoxy groups -OCH3 is 1. The molecule has 2 nitrogen and oxygen atoms in total. The lowest BCUT2D eigenvalue weighted by Gasteiger charge is -2.11. The molecule has 0 saturated carbocycles. The molecule has 0 bridgehead atoms. The minimum Gasteiger partial charge on any atom is -0.496 e. The SMILES string of the molecule is COc1ccc(CNc2cc(Cl)c(C)cc2Cl)cc1Br. The number of nitrogens with one attached hydrogen (secondary N) is 1. The van der Waals surface area contributed by atoms with E-state index in [1.54, 1.807) is 7.11 Å². The van der Waals surface area contributed by atoms with E-state index in [0.717, 1.165) is 27.0 Å². The van der Waals surface area contributed by atoms with Gasteiger partial charge in [0, 0.05) is 11.6 Å². The van der Waals surface area contributed by atoms with Crippen molar-refractivity contribution < 1.29 is 4.74 Å². The first-order valence-electron chi connectivity index (χ1n) is 6.03. The van der Waals surface area contributed by atoms with Crippen LogP contribution in [-0.4, -0.2) is 7.11 Å². The molecular formula is C15H14BrCl2NO. The van der Waals surface area contributed by atoms with Crippen molar-refractivity contribution >= 4 is 44.8 Å². The number of benzene rings is 2. The quantitative estimate of drug-likeness (QED) is 0.742. The molecule has 0 spiro atoms. The fourth-order valence-electron chi connectivity index (χ4n) is 1.80. The van der Waals surface area contributed by atoms with Crippen LogP contribution in [0.4, 0.5) is 5.69 Å². The molecular weight excluding hydrogens is 361 g/mol. The summed E-state index contributed by atoms with van der Waals surface area (Å²) >= 11 is 15.8. The fraction of sp³-hybridized carbons (Fsp3) is 0.200. The van der Waals surface area contributed by atoms with Gasteiger partial charge in [0.05, 0.1) is 22.3 Å². The van der Waals surface area contributed by atoms with Gasteiger partial charge >= 0.3 is 0 Å². The second-order valence-electron chi connectivity index (χ2n) is 4.40. The molecule has 0 amide bonds. The van der Waals surface area contributed by atoms with Gasteiger partial charge < -0.3 is 10.1 Å². The average molecular weight is 375 g/mol. The van der Waals surface area contributed by atoms with E-state index < -0.39 is 0 Å². The highest BCUT2D eigenvalue weighted by Crippen LogP contribution is 2.30. The molecule has 5 heteroatoms. The Bertz CT molecular complexity index is 632. The van der Waals surface area contributed by atoms with Crippen molar-refractivity contribution in [3.05, 3.63) is 56.0 Å². The van der Waals surface area contributed by atoms with Gasteiger partial charge in [-0.25, -0.2) is 0 Å². The summed E-state index contributed by atoms with van der Waals surface area (Å²) in [5.74, 6) is 0.810. The lowest BCUT2D eigenvalue weighted by Crippen LogP contribution is -2.00. The van der Waals surface area contributed by atoms with Crippen LogP contribution in [0.5, 0.6) is 5.75 Å². The van der Waals surface area contributed by atoms with Gasteiger partial charge in [-0.1, -0.05) is 29.3 Å². The number of anilines is 1. The van der Waals surface area contributed by atoms with E-state index in [9.17, 15) is 0 Å².